The second-order valence-corrected chi connectivity index (χ2v) is 6.36. The summed E-state index contributed by atoms with van der Waals surface area (Å²) in [5, 5.41) is 4.03. The molecule has 0 radical (unpaired) electrons. The Labute approximate surface area is 152 Å². The Hall–Kier alpha value is -2.61. The van der Waals surface area contributed by atoms with Gasteiger partial charge in [0.25, 0.3) is 0 Å². The van der Waals surface area contributed by atoms with E-state index in [0.717, 1.165) is 10.9 Å². The van der Waals surface area contributed by atoms with E-state index in [0.29, 0.717) is 19.0 Å². The average molecular weight is 382 g/mol. The van der Waals surface area contributed by atoms with Crippen LogP contribution in [-0.4, -0.2) is 29.8 Å². The zero-order valence-electron chi connectivity index (χ0n) is 14.0. The van der Waals surface area contributed by atoms with Gasteiger partial charge in [-0.05, 0) is 36.1 Å². The van der Waals surface area contributed by atoms with Crippen LogP contribution >= 0.6 is 11.3 Å². The lowest BCUT2D eigenvalue weighted by molar-refractivity contribution is -0.130. The third-order valence-corrected chi connectivity index (χ3v) is 4.22. The molecule has 0 aliphatic heterocycles. The van der Waals surface area contributed by atoms with Crippen molar-refractivity contribution in [2.24, 2.45) is 0 Å². The number of hydrogen-bond donors (Lipinski definition) is 1. The minimum atomic E-state index is -1.66. The smallest absolute Gasteiger partial charge is 0.247 e. The molecule has 0 atom stereocenters. The number of rotatable bonds is 7. The summed E-state index contributed by atoms with van der Waals surface area (Å²) < 4.78 is 39.8. The van der Waals surface area contributed by atoms with Crippen molar-refractivity contribution < 1.29 is 22.8 Å². The number of hydrogen-bond acceptors (Lipinski definition) is 3. The number of nitrogens with zero attached hydrogens (tertiary/aromatic N) is 1. The molecule has 0 bridgehead atoms. The van der Waals surface area contributed by atoms with Gasteiger partial charge < -0.3 is 10.2 Å². The molecule has 0 fully saturated rings. The van der Waals surface area contributed by atoms with E-state index in [9.17, 15) is 22.8 Å². The standard InChI is InChI=1S/C18H17F3N2O2S/c1-2-9-23(16(25)8-5-12-4-3-10-26-12)11-15(24)22-14-7-6-13(19)17(20)18(14)21/h3-8,10H,2,9,11H2,1H3,(H,22,24). The van der Waals surface area contributed by atoms with E-state index in [4.69, 9.17) is 0 Å². The van der Waals surface area contributed by atoms with Crippen molar-refractivity contribution in [1.82, 2.24) is 4.90 Å². The SMILES string of the molecule is CCCN(CC(=O)Nc1ccc(F)c(F)c1F)C(=O)C=Cc1cccs1. The van der Waals surface area contributed by atoms with Crippen LogP contribution in [-0.2, 0) is 9.59 Å². The van der Waals surface area contributed by atoms with Gasteiger partial charge in [-0.3, -0.25) is 9.59 Å². The van der Waals surface area contributed by atoms with Crippen LogP contribution in [0.3, 0.4) is 0 Å². The zero-order valence-corrected chi connectivity index (χ0v) is 14.8. The highest BCUT2D eigenvalue weighted by Crippen LogP contribution is 2.19. The lowest BCUT2D eigenvalue weighted by Crippen LogP contribution is -2.37. The molecule has 1 aromatic carbocycles. The van der Waals surface area contributed by atoms with E-state index < -0.39 is 29.0 Å². The number of benzene rings is 1. The summed E-state index contributed by atoms with van der Waals surface area (Å²) in [6.07, 6.45) is 3.61. The van der Waals surface area contributed by atoms with E-state index in [1.54, 1.807) is 6.08 Å². The molecule has 0 spiro atoms. The number of thiophene rings is 1. The van der Waals surface area contributed by atoms with Crippen LogP contribution in [0.1, 0.15) is 18.2 Å². The van der Waals surface area contributed by atoms with E-state index >= 15 is 0 Å². The van der Waals surface area contributed by atoms with Crippen LogP contribution in [0.25, 0.3) is 6.08 Å². The lowest BCUT2D eigenvalue weighted by Gasteiger charge is -2.20. The predicted octanol–water partition coefficient (Wildman–Crippen LogP) is 4.06. The normalized spacial score (nSPS) is 10.9. The van der Waals surface area contributed by atoms with E-state index in [-0.39, 0.29) is 12.5 Å². The highest BCUT2D eigenvalue weighted by atomic mass is 32.1. The molecule has 1 heterocycles. The minimum absolute atomic E-state index is 0.321. The molecule has 1 N–H and O–H groups in total. The van der Waals surface area contributed by atoms with Gasteiger partial charge in [-0.25, -0.2) is 13.2 Å². The van der Waals surface area contributed by atoms with Gasteiger partial charge >= 0.3 is 0 Å². The number of carbonyl (C=O) groups is 2. The fourth-order valence-electron chi connectivity index (χ4n) is 2.17. The topological polar surface area (TPSA) is 49.4 Å². The summed E-state index contributed by atoms with van der Waals surface area (Å²) in [5.74, 6) is -5.57. The maximum atomic E-state index is 13.6. The second kappa shape index (κ2) is 9.19. The number of halogens is 3. The molecule has 26 heavy (non-hydrogen) atoms. The van der Waals surface area contributed by atoms with Crippen molar-refractivity contribution in [3.8, 4) is 0 Å². The zero-order chi connectivity index (χ0) is 19.1. The molecule has 2 aromatic rings. The van der Waals surface area contributed by atoms with Crippen LogP contribution < -0.4 is 5.32 Å². The van der Waals surface area contributed by atoms with Gasteiger partial charge in [-0.15, -0.1) is 11.3 Å². The van der Waals surface area contributed by atoms with Crippen LogP contribution in [0.5, 0.6) is 0 Å². The van der Waals surface area contributed by atoms with Gasteiger partial charge in [0.15, 0.2) is 17.5 Å². The molecule has 8 heteroatoms. The first-order valence-electron chi connectivity index (χ1n) is 7.86. The molecule has 2 rings (SSSR count). The van der Waals surface area contributed by atoms with Crippen molar-refractivity contribution in [1.29, 1.82) is 0 Å². The first-order valence-corrected chi connectivity index (χ1v) is 8.74. The van der Waals surface area contributed by atoms with Crippen molar-refractivity contribution >= 4 is 34.9 Å². The van der Waals surface area contributed by atoms with Crippen molar-refractivity contribution in [2.45, 2.75) is 13.3 Å². The van der Waals surface area contributed by atoms with E-state index in [1.165, 1.54) is 22.3 Å². The van der Waals surface area contributed by atoms with E-state index in [2.05, 4.69) is 5.32 Å². The van der Waals surface area contributed by atoms with Crippen molar-refractivity contribution in [2.75, 3.05) is 18.4 Å². The molecule has 2 amide bonds. The number of nitrogens with one attached hydrogen (secondary N) is 1. The molecule has 0 saturated heterocycles. The lowest BCUT2D eigenvalue weighted by atomic mass is 10.2. The number of anilines is 1. The fourth-order valence-corrected chi connectivity index (χ4v) is 2.79. The van der Waals surface area contributed by atoms with Gasteiger partial charge in [0.05, 0.1) is 5.69 Å². The fraction of sp³-hybridized carbons (Fsp3) is 0.222. The van der Waals surface area contributed by atoms with E-state index in [1.807, 2.05) is 24.4 Å². The Morgan fingerprint density at radius 1 is 1.19 bits per heavy atom. The molecular formula is C18H17F3N2O2S. The monoisotopic (exact) mass is 382 g/mol. The average Bonchev–Trinajstić information content (AvgIpc) is 3.13. The third kappa shape index (κ3) is 5.19. The summed E-state index contributed by atoms with van der Waals surface area (Å²) in [7, 11) is 0. The van der Waals surface area contributed by atoms with Gasteiger partial charge in [0, 0.05) is 17.5 Å². The highest BCUT2D eigenvalue weighted by Gasteiger charge is 2.18. The first-order chi connectivity index (χ1) is 12.4. The molecule has 0 saturated carbocycles. The van der Waals surface area contributed by atoms with Crippen LogP contribution in [0, 0.1) is 17.5 Å². The van der Waals surface area contributed by atoms with Crippen molar-refractivity contribution in [3.05, 3.63) is 58.1 Å². The van der Waals surface area contributed by atoms with Gasteiger partial charge in [0.2, 0.25) is 11.8 Å². The maximum absolute atomic E-state index is 13.6. The van der Waals surface area contributed by atoms with Gasteiger partial charge in [-0.2, -0.15) is 0 Å². The second-order valence-electron chi connectivity index (χ2n) is 5.38. The number of carbonyl (C=O) groups excluding carboxylic acids is 2. The summed E-state index contributed by atoms with van der Waals surface area (Å²) in [5.41, 5.74) is -0.480. The Kier molecular flexibility index (Phi) is 6.97. The highest BCUT2D eigenvalue weighted by molar-refractivity contribution is 7.10. The van der Waals surface area contributed by atoms with Gasteiger partial charge in [0.1, 0.15) is 6.54 Å². The largest absolute Gasteiger partial charge is 0.330 e. The molecule has 0 aliphatic carbocycles. The number of amides is 2. The van der Waals surface area contributed by atoms with Gasteiger partial charge in [-0.1, -0.05) is 13.0 Å². The molecule has 0 aliphatic rings. The summed E-state index contributed by atoms with van der Waals surface area (Å²) in [6, 6.07) is 5.33. The molecule has 4 nitrogen and oxygen atoms in total. The minimum Gasteiger partial charge on any atom is -0.330 e. The summed E-state index contributed by atoms with van der Waals surface area (Å²) in [6.45, 7) is 1.83. The summed E-state index contributed by atoms with van der Waals surface area (Å²) >= 11 is 1.47. The van der Waals surface area contributed by atoms with Crippen LogP contribution in [0.15, 0.2) is 35.7 Å². The summed E-state index contributed by atoms with van der Waals surface area (Å²) in [4.78, 5) is 26.5. The quantitative estimate of drug-likeness (QED) is 0.580. The van der Waals surface area contributed by atoms with Crippen LogP contribution in [0.4, 0.5) is 18.9 Å². The van der Waals surface area contributed by atoms with Crippen molar-refractivity contribution in [3.63, 3.8) is 0 Å². The Bertz CT molecular complexity index is 807. The Morgan fingerprint density at radius 3 is 2.62 bits per heavy atom. The Morgan fingerprint density at radius 2 is 1.96 bits per heavy atom. The predicted molar refractivity (Wildman–Crippen MR) is 95.2 cm³/mol. The Balaban J connectivity index is 2.03. The molecule has 0 unspecified atom stereocenters. The van der Waals surface area contributed by atoms with Crippen LogP contribution in [0.2, 0.25) is 0 Å². The third-order valence-electron chi connectivity index (χ3n) is 3.38. The molecule has 1 aromatic heterocycles. The molecule has 138 valence electrons. The first kappa shape index (κ1) is 19.7. The molecular weight excluding hydrogens is 365 g/mol. The maximum Gasteiger partial charge on any atom is 0.247 e.